The number of aliphatic hydroxyl groups is 1. The van der Waals surface area contributed by atoms with Gasteiger partial charge < -0.3 is 19.6 Å². The zero-order valence-electron chi connectivity index (χ0n) is 17.5. The average molecular weight is 414 g/mol. The number of aromatic nitrogens is 2. The summed E-state index contributed by atoms with van der Waals surface area (Å²) in [6.07, 6.45) is 3.68. The van der Waals surface area contributed by atoms with Crippen LogP contribution >= 0.6 is 0 Å². The highest BCUT2D eigenvalue weighted by Crippen LogP contribution is 2.41. The van der Waals surface area contributed by atoms with E-state index in [0.717, 1.165) is 24.2 Å². The average Bonchev–Trinajstić information content (AvgIpc) is 3.26. The minimum atomic E-state index is -0.854. The second-order valence-corrected chi connectivity index (χ2v) is 8.67. The molecule has 0 aromatic carbocycles. The lowest BCUT2D eigenvalue weighted by Gasteiger charge is -2.37. The van der Waals surface area contributed by atoms with Crippen molar-refractivity contribution in [3.05, 3.63) is 29.0 Å². The third-order valence-corrected chi connectivity index (χ3v) is 6.40. The van der Waals surface area contributed by atoms with Gasteiger partial charge >= 0.3 is 6.01 Å². The van der Waals surface area contributed by atoms with E-state index < -0.39 is 6.17 Å². The Hall–Kier alpha value is -2.52. The van der Waals surface area contributed by atoms with Gasteiger partial charge in [-0.05, 0) is 32.0 Å². The molecule has 2 saturated heterocycles. The molecule has 0 spiro atoms. The van der Waals surface area contributed by atoms with Gasteiger partial charge in [0.1, 0.15) is 12.0 Å². The first-order valence-electron chi connectivity index (χ1n) is 10.4. The van der Waals surface area contributed by atoms with E-state index in [0.29, 0.717) is 31.3 Å². The predicted octanol–water partition coefficient (Wildman–Crippen LogP) is 1.59. The van der Waals surface area contributed by atoms with Crippen molar-refractivity contribution in [2.75, 3.05) is 50.2 Å². The second-order valence-electron chi connectivity index (χ2n) is 8.67. The van der Waals surface area contributed by atoms with Gasteiger partial charge in [-0.3, -0.25) is 0 Å². The smallest absolute Gasteiger partial charge is 0.320 e. The van der Waals surface area contributed by atoms with Crippen molar-refractivity contribution >= 4 is 17.9 Å². The van der Waals surface area contributed by atoms with Crippen LogP contribution < -0.4 is 14.6 Å². The molecular formula is C21H27FN6O2. The molecular weight excluding hydrogens is 387 g/mol. The van der Waals surface area contributed by atoms with Crippen LogP contribution in [0.15, 0.2) is 34.1 Å². The topological polar surface area (TPSA) is 77.3 Å². The molecule has 3 unspecified atom stereocenters. The van der Waals surface area contributed by atoms with Gasteiger partial charge in [-0.2, -0.15) is 15.1 Å². The van der Waals surface area contributed by atoms with Crippen LogP contribution in [0.2, 0.25) is 0 Å². The second kappa shape index (κ2) is 7.31. The Labute approximate surface area is 175 Å². The lowest BCUT2D eigenvalue weighted by molar-refractivity contribution is 0.141. The zero-order valence-corrected chi connectivity index (χ0v) is 17.5. The van der Waals surface area contributed by atoms with Crippen molar-refractivity contribution in [2.45, 2.75) is 25.6 Å². The molecule has 0 amide bonds. The van der Waals surface area contributed by atoms with Gasteiger partial charge in [-0.15, -0.1) is 0 Å². The number of hydrogen-bond donors (Lipinski definition) is 1. The van der Waals surface area contributed by atoms with Gasteiger partial charge in [0.15, 0.2) is 5.82 Å². The quantitative estimate of drug-likeness (QED) is 0.802. The fraction of sp³-hybridized carbons (Fsp3) is 0.571. The molecule has 3 atom stereocenters. The largest absolute Gasteiger partial charge is 0.467 e. The summed E-state index contributed by atoms with van der Waals surface area (Å²) in [6.45, 7) is 4.38. The summed E-state index contributed by atoms with van der Waals surface area (Å²) >= 11 is 0. The molecule has 4 heterocycles. The van der Waals surface area contributed by atoms with Gasteiger partial charge in [0.2, 0.25) is 0 Å². The number of allylic oxidation sites excluding steroid dienone is 3. The monoisotopic (exact) mass is 414 g/mol. The van der Waals surface area contributed by atoms with Crippen molar-refractivity contribution in [1.29, 1.82) is 0 Å². The van der Waals surface area contributed by atoms with E-state index >= 15 is 0 Å². The summed E-state index contributed by atoms with van der Waals surface area (Å²) in [6, 6.07) is 2.12. The maximum Gasteiger partial charge on any atom is 0.320 e. The Morgan fingerprint density at radius 3 is 2.60 bits per heavy atom. The van der Waals surface area contributed by atoms with Gasteiger partial charge in [0.05, 0.1) is 18.9 Å². The van der Waals surface area contributed by atoms with Crippen LogP contribution in [0.3, 0.4) is 0 Å². The van der Waals surface area contributed by atoms with E-state index in [1.807, 2.05) is 34.1 Å². The Morgan fingerprint density at radius 2 is 1.93 bits per heavy atom. The molecule has 5 rings (SSSR count). The number of halogens is 1. The van der Waals surface area contributed by atoms with E-state index in [-0.39, 0.29) is 24.0 Å². The highest BCUT2D eigenvalue weighted by Gasteiger charge is 2.38. The van der Waals surface area contributed by atoms with Crippen LogP contribution in [0.25, 0.3) is 0 Å². The molecule has 1 aromatic heterocycles. The number of aliphatic hydroxyl groups excluding tert-OH is 1. The molecule has 4 aliphatic rings. The maximum absolute atomic E-state index is 14.7. The van der Waals surface area contributed by atoms with Gasteiger partial charge in [-0.1, -0.05) is 5.57 Å². The number of fused-ring (bicyclic) bond motifs is 1. The molecule has 2 fully saturated rings. The third kappa shape index (κ3) is 3.26. The number of likely N-dealkylation sites (tertiary alicyclic amines) is 1. The summed E-state index contributed by atoms with van der Waals surface area (Å²) in [5.74, 6) is 1.36. The molecule has 0 saturated carbocycles. The van der Waals surface area contributed by atoms with Crippen LogP contribution in [0.4, 0.5) is 16.0 Å². The third-order valence-electron chi connectivity index (χ3n) is 6.40. The Bertz CT molecular complexity index is 941. The SMILES string of the molecule is COc1nc(N2CC(O)C2)cc(N2N=CC3CC(C)=C(C4CN(C)CC4F)C=C32)n1. The number of nitrogens with zero attached hydrogens (tertiary/aromatic N) is 6. The van der Waals surface area contributed by atoms with Crippen molar-refractivity contribution in [3.63, 3.8) is 0 Å². The summed E-state index contributed by atoms with van der Waals surface area (Å²) in [5.41, 5.74) is 3.32. The summed E-state index contributed by atoms with van der Waals surface area (Å²) in [4.78, 5) is 12.9. The van der Waals surface area contributed by atoms with Crippen molar-refractivity contribution < 1.29 is 14.2 Å². The number of ether oxygens (including phenoxy) is 1. The number of hydrogen-bond acceptors (Lipinski definition) is 8. The number of alkyl halides is 1. The van der Waals surface area contributed by atoms with Crippen molar-refractivity contribution in [2.24, 2.45) is 16.9 Å². The van der Waals surface area contributed by atoms with Crippen molar-refractivity contribution in [1.82, 2.24) is 14.9 Å². The Morgan fingerprint density at radius 1 is 1.17 bits per heavy atom. The zero-order chi connectivity index (χ0) is 21.0. The van der Waals surface area contributed by atoms with Crippen LogP contribution in [0.1, 0.15) is 13.3 Å². The van der Waals surface area contributed by atoms with Crippen LogP contribution in [0.5, 0.6) is 6.01 Å². The number of hydrazone groups is 1. The van der Waals surface area contributed by atoms with Gasteiger partial charge in [0.25, 0.3) is 0 Å². The molecule has 30 heavy (non-hydrogen) atoms. The minimum Gasteiger partial charge on any atom is -0.467 e. The normalized spacial score (nSPS) is 29.4. The molecule has 9 heteroatoms. The summed E-state index contributed by atoms with van der Waals surface area (Å²) in [7, 11) is 3.50. The Balaban J connectivity index is 1.48. The maximum atomic E-state index is 14.7. The molecule has 1 aromatic rings. The van der Waals surface area contributed by atoms with Crippen LogP contribution in [0, 0.1) is 11.8 Å². The summed E-state index contributed by atoms with van der Waals surface area (Å²) < 4.78 is 20.0. The fourth-order valence-corrected chi connectivity index (χ4v) is 4.77. The highest BCUT2D eigenvalue weighted by atomic mass is 19.1. The first kappa shape index (κ1) is 19.4. The lowest BCUT2D eigenvalue weighted by atomic mass is 9.82. The first-order chi connectivity index (χ1) is 14.4. The molecule has 3 aliphatic heterocycles. The van der Waals surface area contributed by atoms with E-state index in [1.165, 1.54) is 12.7 Å². The number of methoxy groups -OCH3 is 1. The standard InChI is InChI=1S/C21H27FN6O2/c1-12-4-13-7-23-28(18(13)5-15(12)16-10-26(2)11-17(16)22)20-6-19(24-21(25-20)30-3)27-8-14(29)9-27/h5-7,13-14,16-17,29H,4,8-11H2,1-3H3. The van der Waals surface area contributed by atoms with E-state index in [2.05, 4.69) is 28.1 Å². The lowest BCUT2D eigenvalue weighted by Crippen LogP contribution is -2.51. The number of anilines is 2. The number of β-amino-alcohol motifs (C(OH)–C–C–N with tert-alkyl or cyclic N) is 1. The van der Waals surface area contributed by atoms with Gasteiger partial charge in [0, 0.05) is 50.3 Å². The molecule has 160 valence electrons. The van der Waals surface area contributed by atoms with Crippen LogP contribution in [-0.2, 0) is 0 Å². The van der Waals surface area contributed by atoms with Gasteiger partial charge in [-0.25, -0.2) is 9.40 Å². The molecule has 0 radical (unpaired) electrons. The highest BCUT2D eigenvalue weighted by molar-refractivity contribution is 5.77. The number of rotatable bonds is 4. The minimum absolute atomic E-state index is 0.107. The van der Waals surface area contributed by atoms with Crippen LogP contribution in [-0.4, -0.2) is 78.8 Å². The molecule has 1 aliphatic carbocycles. The predicted molar refractivity (Wildman–Crippen MR) is 113 cm³/mol. The fourth-order valence-electron chi connectivity index (χ4n) is 4.77. The molecule has 1 N–H and O–H groups in total. The summed E-state index contributed by atoms with van der Waals surface area (Å²) in [5, 5.41) is 16.1. The van der Waals surface area contributed by atoms with E-state index in [9.17, 15) is 9.50 Å². The van der Waals surface area contributed by atoms with E-state index in [1.54, 1.807) is 0 Å². The Kier molecular flexibility index (Phi) is 4.74. The molecule has 8 nitrogen and oxygen atoms in total. The van der Waals surface area contributed by atoms with Crippen molar-refractivity contribution in [3.8, 4) is 6.01 Å². The van der Waals surface area contributed by atoms with E-state index in [4.69, 9.17) is 4.74 Å². The molecule has 0 bridgehead atoms. The first-order valence-corrected chi connectivity index (χ1v) is 10.4.